The number of nitrogens with zero attached hydrogens (tertiary/aromatic N) is 3. The number of aliphatic hydroxyl groups is 1. The van der Waals surface area contributed by atoms with E-state index in [0.29, 0.717) is 11.4 Å². The molecule has 1 amide bonds. The van der Waals surface area contributed by atoms with Gasteiger partial charge in [-0.25, -0.2) is 0 Å². The molecule has 0 bridgehead atoms. The van der Waals surface area contributed by atoms with Gasteiger partial charge in [0.15, 0.2) is 5.76 Å². The molecule has 0 unspecified atom stereocenters. The molecule has 32 heavy (non-hydrogen) atoms. The average Bonchev–Trinajstić information content (AvgIpc) is 3.43. The number of benzene rings is 1. The smallest absolute Gasteiger partial charge is 0.290 e. The van der Waals surface area contributed by atoms with Gasteiger partial charge in [-0.1, -0.05) is 18.2 Å². The number of aliphatic hydroxyl groups excluding tert-OH is 1. The molecule has 4 rings (SSSR count). The average molecular weight is 456 g/mol. The van der Waals surface area contributed by atoms with E-state index in [1.165, 1.54) is 11.3 Å². The van der Waals surface area contributed by atoms with E-state index < -0.39 is 17.7 Å². The van der Waals surface area contributed by atoms with Crippen molar-refractivity contribution in [3.8, 4) is 0 Å². The normalized spacial score (nSPS) is 19.6. The molecule has 0 aliphatic carbocycles. The SMILES string of the molecule is CN(C)c1ccc([C@@H]2C(C(=O)c3cccs3)=C(O)C(=O)N2CCCN2CCOCC2)cc1. The van der Waals surface area contributed by atoms with Crippen LogP contribution < -0.4 is 4.90 Å². The fourth-order valence-corrected chi connectivity index (χ4v) is 4.93. The molecule has 170 valence electrons. The second kappa shape index (κ2) is 9.85. The molecule has 7 nitrogen and oxygen atoms in total. The molecule has 8 heteroatoms. The van der Waals surface area contributed by atoms with Crippen LogP contribution in [0.3, 0.4) is 0 Å². The second-order valence-corrected chi connectivity index (χ2v) is 9.21. The van der Waals surface area contributed by atoms with Crippen LogP contribution in [0.2, 0.25) is 0 Å². The van der Waals surface area contributed by atoms with E-state index in [0.717, 1.165) is 50.5 Å². The number of hydrogen-bond acceptors (Lipinski definition) is 7. The lowest BCUT2D eigenvalue weighted by atomic mass is 9.95. The van der Waals surface area contributed by atoms with Gasteiger partial charge in [-0.05, 0) is 35.6 Å². The summed E-state index contributed by atoms with van der Waals surface area (Å²) in [5.74, 6) is -1.20. The summed E-state index contributed by atoms with van der Waals surface area (Å²) in [4.78, 5) is 32.8. The summed E-state index contributed by atoms with van der Waals surface area (Å²) in [5, 5.41) is 12.6. The summed E-state index contributed by atoms with van der Waals surface area (Å²) in [6, 6.07) is 10.7. The summed E-state index contributed by atoms with van der Waals surface area (Å²) in [5.41, 5.74) is 2.01. The number of hydrogen-bond donors (Lipinski definition) is 1. The minimum atomic E-state index is -0.599. The number of morpholine rings is 1. The van der Waals surface area contributed by atoms with E-state index in [1.54, 1.807) is 17.0 Å². The summed E-state index contributed by atoms with van der Waals surface area (Å²) in [6.45, 7) is 4.52. The number of rotatable bonds is 8. The van der Waals surface area contributed by atoms with Gasteiger partial charge in [-0.15, -0.1) is 11.3 Å². The molecule has 0 spiro atoms. The first-order valence-electron chi connectivity index (χ1n) is 10.9. The van der Waals surface area contributed by atoms with Gasteiger partial charge >= 0.3 is 0 Å². The van der Waals surface area contributed by atoms with Crippen molar-refractivity contribution in [1.82, 2.24) is 9.80 Å². The topological polar surface area (TPSA) is 73.3 Å². The van der Waals surface area contributed by atoms with Crippen LogP contribution in [0.4, 0.5) is 5.69 Å². The first kappa shape index (κ1) is 22.5. The highest BCUT2D eigenvalue weighted by Crippen LogP contribution is 2.40. The molecule has 3 heterocycles. The van der Waals surface area contributed by atoms with Crippen molar-refractivity contribution < 1.29 is 19.4 Å². The summed E-state index contributed by atoms with van der Waals surface area (Å²) in [7, 11) is 3.92. The number of carbonyl (C=O) groups excluding carboxylic acids is 2. The third-order valence-corrected chi connectivity index (χ3v) is 6.86. The maximum absolute atomic E-state index is 13.3. The van der Waals surface area contributed by atoms with Gasteiger partial charge in [0, 0.05) is 46.0 Å². The van der Waals surface area contributed by atoms with Crippen LogP contribution in [0.5, 0.6) is 0 Å². The van der Waals surface area contributed by atoms with E-state index in [4.69, 9.17) is 4.74 Å². The molecule has 0 radical (unpaired) electrons. The zero-order valence-electron chi connectivity index (χ0n) is 18.5. The molecule has 1 N–H and O–H groups in total. The molecular weight excluding hydrogens is 426 g/mol. The fourth-order valence-electron chi connectivity index (χ4n) is 4.25. The zero-order valence-corrected chi connectivity index (χ0v) is 19.3. The van der Waals surface area contributed by atoms with Crippen molar-refractivity contribution in [3.05, 3.63) is 63.6 Å². The second-order valence-electron chi connectivity index (χ2n) is 8.26. The van der Waals surface area contributed by atoms with Crippen LogP contribution in [-0.4, -0.2) is 80.1 Å². The maximum atomic E-state index is 13.3. The van der Waals surface area contributed by atoms with Crippen LogP contribution in [0.1, 0.15) is 27.7 Å². The lowest BCUT2D eigenvalue weighted by Crippen LogP contribution is -2.39. The van der Waals surface area contributed by atoms with Crippen molar-refractivity contribution in [2.75, 3.05) is 58.4 Å². The van der Waals surface area contributed by atoms with Gasteiger partial charge in [0.25, 0.3) is 5.91 Å². The number of anilines is 1. The zero-order chi connectivity index (χ0) is 22.7. The van der Waals surface area contributed by atoms with Crippen molar-refractivity contribution in [1.29, 1.82) is 0 Å². The first-order chi connectivity index (χ1) is 15.5. The Kier molecular flexibility index (Phi) is 6.93. The van der Waals surface area contributed by atoms with Crippen molar-refractivity contribution in [2.24, 2.45) is 0 Å². The highest BCUT2D eigenvalue weighted by molar-refractivity contribution is 7.12. The highest BCUT2D eigenvalue weighted by Gasteiger charge is 2.43. The molecule has 0 saturated carbocycles. The maximum Gasteiger partial charge on any atom is 0.290 e. The molecule has 1 fully saturated rings. The van der Waals surface area contributed by atoms with Crippen molar-refractivity contribution in [3.63, 3.8) is 0 Å². The van der Waals surface area contributed by atoms with E-state index in [2.05, 4.69) is 4.90 Å². The number of ketones is 1. The number of amides is 1. The fraction of sp³-hybridized carbons (Fsp3) is 0.417. The Morgan fingerprint density at radius 3 is 2.50 bits per heavy atom. The molecule has 1 aromatic heterocycles. The highest BCUT2D eigenvalue weighted by atomic mass is 32.1. The molecule has 1 aromatic carbocycles. The number of ether oxygens (including phenoxy) is 1. The Labute approximate surface area is 192 Å². The lowest BCUT2D eigenvalue weighted by molar-refractivity contribution is -0.129. The Bertz CT molecular complexity index is 979. The van der Waals surface area contributed by atoms with Crippen molar-refractivity contribution >= 4 is 28.7 Å². The Morgan fingerprint density at radius 1 is 1.16 bits per heavy atom. The van der Waals surface area contributed by atoms with Crippen molar-refractivity contribution in [2.45, 2.75) is 12.5 Å². The van der Waals surface area contributed by atoms with Gasteiger partial charge in [-0.2, -0.15) is 0 Å². The van der Waals surface area contributed by atoms with E-state index in [9.17, 15) is 14.7 Å². The molecule has 1 saturated heterocycles. The van der Waals surface area contributed by atoms with Gasteiger partial charge in [0.1, 0.15) is 0 Å². The molecular formula is C24H29N3O4S. The third kappa shape index (κ3) is 4.57. The van der Waals surface area contributed by atoms with Gasteiger partial charge < -0.3 is 19.6 Å². The number of thiophene rings is 1. The summed E-state index contributed by atoms with van der Waals surface area (Å²) < 4.78 is 5.40. The Morgan fingerprint density at radius 2 is 1.88 bits per heavy atom. The monoisotopic (exact) mass is 455 g/mol. The van der Waals surface area contributed by atoms with Crippen LogP contribution in [-0.2, 0) is 9.53 Å². The molecule has 2 aromatic rings. The largest absolute Gasteiger partial charge is 0.503 e. The van der Waals surface area contributed by atoms with Crippen LogP contribution in [0, 0.1) is 0 Å². The van der Waals surface area contributed by atoms with Crippen LogP contribution in [0.25, 0.3) is 0 Å². The predicted molar refractivity (Wildman–Crippen MR) is 125 cm³/mol. The van der Waals surface area contributed by atoms with Gasteiger partial charge in [0.2, 0.25) is 5.78 Å². The first-order valence-corrected chi connectivity index (χ1v) is 11.7. The van der Waals surface area contributed by atoms with Gasteiger partial charge in [0.05, 0.1) is 29.7 Å². The summed E-state index contributed by atoms with van der Waals surface area (Å²) in [6.07, 6.45) is 0.756. The number of carbonyl (C=O) groups is 2. The van der Waals surface area contributed by atoms with E-state index >= 15 is 0 Å². The quantitative estimate of drug-likeness (QED) is 0.617. The predicted octanol–water partition coefficient (Wildman–Crippen LogP) is 3.11. The third-order valence-electron chi connectivity index (χ3n) is 6.00. The molecule has 1 atom stereocenters. The lowest BCUT2D eigenvalue weighted by Gasteiger charge is -2.30. The Hall–Kier alpha value is -2.68. The van der Waals surface area contributed by atoms with E-state index in [-0.39, 0.29) is 11.4 Å². The Balaban J connectivity index is 1.60. The minimum Gasteiger partial charge on any atom is -0.503 e. The van der Waals surface area contributed by atoms with Crippen LogP contribution >= 0.6 is 11.3 Å². The molecule has 2 aliphatic rings. The minimum absolute atomic E-state index is 0.168. The van der Waals surface area contributed by atoms with Gasteiger partial charge in [-0.3, -0.25) is 14.5 Å². The molecule has 2 aliphatic heterocycles. The standard InChI is InChI=1S/C24H29N3O4S/c1-25(2)18-8-6-17(7-9-18)21-20(22(28)19-5-3-16-32-19)23(29)24(30)27(21)11-4-10-26-12-14-31-15-13-26/h3,5-9,16,21,29H,4,10-15H2,1-2H3/t21-/m1/s1. The van der Waals surface area contributed by atoms with Crippen LogP contribution in [0.15, 0.2) is 53.1 Å². The van der Waals surface area contributed by atoms with E-state index in [1.807, 2.05) is 48.6 Å². The number of Topliss-reactive ketones (excluding diaryl/α,β-unsaturated/α-hetero) is 1. The summed E-state index contributed by atoms with van der Waals surface area (Å²) >= 11 is 1.31.